The third kappa shape index (κ3) is 1.43. The van der Waals surface area contributed by atoms with Crippen molar-refractivity contribution in [3.05, 3.63) is 0 Å². The second-order valence-electron chi connectivity index (χ2n) is 2.96. The lowest BCUT2D eigenvalue weighted by Gasteiger charge is -2.31. The van der Waals surface area contributed by atoms with Crippen molar-refractivity contribution in [3.63, 3.8) is 0 Å². The van der Waals surface area contributed by atoms with Crippen molar-refractivity contribution in [3.8, 4) is 0 Å². The lowest BCUT2D eigenvalue weighted by atomic mass is 9.91. The van der Waals surface area contributed by atoms with E-state index in [9.17, 15) is 5.11 Å². The van der Waals surface area contributed by atoms with Gasteiger partial charge in [0.2, 0.25) is 0 Å². The van der Waals surface area contributed by atoms with Gasteiger partial charge in [-0.25, -0.2) is 0 Å². The van der Waals surface area contributed by atoms with E-state index in [0.29, 0.717) is 12.0 Å². The lowest BCUT2D eigenvalue weighted by Crippen LogP contribution is -2.45. The van der Waals surface area contributed by atoms with Crippen LogP contribution in [0.4, 0.5) is 0 Å². The highest BCUT2D eigenvalue weighted by Crippen LogP contribution is 2.15. The topological polar surface area (TPSA) is 32.3 Å². The summed E-state index contributed by atoms with van der Waals surface area (Å²) in [5, 5.41) is 12.6. The Bertz CT molecular complexity index is 84.9. The molecule has 2 N–H and O–H groups in total. The maximum absolute atomic E-state index is 9.31. The maximum Gasteiger partial charge on any atom is 0.0592 e. The SMILES string of the molecule is CC1NCC[C@H](O)[C@H]1C. The molecule has 0 aromatic rings. The quantitative estimate of drug-likeness (QED) is 0.495. The van der Waals surface area contributed by atoms with E-state index in [2.05, 4.69) is 19.2 Å². The average Bonchev–Trinajstić information content (AvgIpc) is 1.83. The number of aliphatic hydroxyl groups excluding tert-OH is 1. The van der Waals surface area contributed by atoms with E-state index in [1.807, 2.05) is 0 Å². The molecule has 0 aliphatic carbocycles. The Morgan fingerprint density at radius 2 is 2.11 bits per heavy atom. The Labute approximate surface area is 56.3 Å². The Morgan fingerprint density at radius 1 is 1.44 bits per heavy atom. The Morgan fingerprint density at radius 3 is 2.56 bits per heavy atom. The number of rotatable bonds is 0. The second-order valence-corrected chi connectivity index (χ2v) is 2.96. The van der Waals surface area contributed by atoms with Crippen molar-refractivity contribution < 1.29 is 5.11 Å². The highest BCUT2D eigenvalue weighted by atomic mass is 16.3. The number of hydrogen-bond acceptors (Lipinski definition) is 2. The Hall–Kier alpha value is -0.0800. The molecule has 1 unspecified atom stereocenters. The van der Waals surface area contributed by atoms with E-state index in [4.69, 9.17) is 0 Å². The molecule has 0 aromatic heterocycles. The van der Waals surface area contributed by atoms with Gasteiger partial charge in [-0.15, -0.1) is 0 Å². The molecule has 1 saturated heterocycles. The molecule has 0 amide bonds. The van der Waals surface area contributed by atoms with Gasteiger partial charge in [-0.05, 0) is 25.8 Å². The normalized spacial score (nSPS) is 45.0. The number of aliphatic hydroxyl groups is 1. The minimum atomic E-state index is -0.0822. The van der Waals surface area contributed by atoms with Crippen LogP contribution >= 0.6 is 0 Å². The monoisotopic (exact) mass is 129 g/mol. The molecular weight excluding hydrogens is 114 g/mol. The summed E-state index contributed by atoms with van der Waals surface area (Å²) in [5.74, 6) is 0.416. The summed E-state index contributed by atoms with van der Waals surface area (Å²) in [6, 6.07) is 0.480. The van der Waals surface area contributed by atoms with Crippen LogP contribution in [0.1, 0.15) is 20.3 Å². The van der Waals surface area contributed by atoms with Crippen molar-refractivity contribution in [2.75, 3.05) is 6.54 Å². The lowest BCUT2D eigenvalue weighted by molar-refractivity contribution is 0.0661. The molecule has 1 aliphatic heterocycles. The van der Waals surface area contributed by atoms with E-state index in [0.717, 1.165) is 13.0 Å². The first kappa shape index (κ1) is 7.03. The minimum absolute atomic E-state index is 0.0822. The molecule has 0 bridgehead atoms. The van der Waals surface area contributed by atoms with Crippen LogP contribution in [0.5, 0.6) is 0 Å². The van der Waals surface area contributed by atoms with Crippen LogP contribution in [0.25, 0.3) is 0 Å². The molecule has 1 aliphatic rings. The first-order valence-electron chi connectivity index (χ1n) is 3.63. The summed E-state index contributed by atoms with van der Waals surface area (Å²) >= 11 is 0. The van der Waals surface area contributed by atoms with Crippen molar-refractivity contribution in [2.45, 2.75) is 32.4 Å². The van der Waals surface area contributed by atoms with Gasteiger partial charge in [-0.1, -0.05) is 6.92 Å². The van der Waals surface area contributed by atoms with Gasteiger partial charge in [0.15, 0.2) is 0 Å². The fourth-order valence-electron chi connectivity index (χ4n) is 1.24. The van der Waals surface area contributed by atoms with E-state index >= 15 is 0 Å². The summed E-state index contributed by atoms with van der Waals surface area (Å²) < 4.78 is 0. The molecule has 0 saturated carbocycles. The summed E-state index contributed by atoms with van der Waals surface area (Å²) in [7, 11) is 0. The summed E-state index contributed by atoms with van der Waals surface area (Å²) in [6.45, 7) is 5.17. The largest absolute Gasteiger partial charge is 0.393 e. The van der Waals surface area contributed by atoms with E-state index in [-0.39, 0.29) is 6.10 Å². The predicted octanol–water partition coefficient (Wildman–Crippen LogP) is 0.365. The van der Waals surface area contributed by atoms with Gasteiger partial charge in [0.1, 0.15) is 0 Å². The van der Waals surface area contributed by atoms with Gasteiger partial charge in [0.05, 0.1) is 6.10 Å². The molecule has 1 fully saturated rings. The molecule has 9 heavy (non-hydrogen) atoms. The van der Waals surface area contributed by atoms with Crippen LogP contribution in [-0.2, 0) is 0 Å². The van der Waals surface area contributed by atoms with Crippen LogP contribution in [0.3, 0.4) is 0 Å². The molecule has 2 nitrogen and oxygen atoms in total. The zero-order chi connectivity index (χ0) is 6.85. The third-order valence-electron chi connectivity index (χ3n) is 2.30. The Balaban J connectivity index is 2.41. The highest BCUT2D eigenvalue weighted by Gasteiger charge is 2.23. The van der Waals surface area contributed by atoms with Crippen molar-refractivity contribution >= 4 is 0 Å². The average molecular weight is 129 g/mol. The second kappa shape index (κ2) is 2.67. The molecule has 1 rings (SSSR count). The third-order valence-corrected chi connectivity index (χ3v) is 2.30. The zero-order valence-electron chi connectivity index (χ0n) is 6.09. The van der Waals surface area contributed by atoms with Gasteiger partial charge in [0.25, 0.3) is 0 Å². The van der Waals surface area contributed by atoms with E-state index < -0.39 is 0 Å². The van der Waals surface area contributed by atoms with Gasteiger partial charge >= 0.3 is 0 Å². The first-order valence-corrected chi connectivity index (χ1v) is 3.63. The number of piperidine rings is 1. The van der Waals surface area contributed by atoms with Crippen molar-refractivity contribution in [2.24, 2.45) is 5.92 Å². The van der Waals surface area contributed by atoms with Crippen LogP contribution in [0.2, 0.25) is 0 Å². The highest BCUT2D eigenvalue weighted by molar-refractivity contribution is 4.80. The molecule has 0 radical (unpaired) electrons. The van der Waals surface area contributed by atoms with Crippen molar-refractivity contribution in [1.29, 1.82) is 0 Å². The molecule has 1 heterocycles. The van der Waals surface area contributed by atoms with Gasteiger partial charge in [0, 0.05) is 6.04 Å². The molecule has 3 atom stereocenters. The van der Waals surface area contributed by atoms with Crippen LogP contribution in [-0.4, -0.2) is 23.8 Å². The fourth-order valence-corrected chi connectivity index (χ4v) is 1.24. The summed E-state index contributed by atoms with van der Waals surface area (Å²) in [6.07, 6.45) is 0.826. The first-order chi connectivity index (χ1) is 4.22. The van der Waals surface area contributed by atoms with E-state index in [1.54, 1.807) is 0 Å². The standard InChI is InChI=1S/C7H15NO/c1-5-6(2)8-4-3-7(5)9/h5-9H,3-4H2,1-2H3/t5-,6?,7-/m0/s1. The predicted molar refractivity (Wildman–Crippen MR) is 37.3 cm³/mol. The van der Waals surface area contributed by atoms with Crippen LogP contribution in [0, 0.1) is 5.92 Å². The smallest absolute Gasteiger partial charge is 0.0592 e. The number of nitrogens with one attached hydrogen (secondary N) is 1. The molecule has 0 spiro atoms. The van der Waals surface area contributed by atoms with Crippen LogP contribution in [0.15, 0.2) is 0 Å². The fraction of sp³-hybridized carbons (Fsp3) is 1.00. The van der Waals surface area contributed by atoms with Gasteiger partial charge < -0.3 is 10.4 Å². The molecule has 2 heteroatoms. The zero-order valence-corrected chi connectivity index (χ0v) is 6.09. The van der Waals surface area contributed by atoms with Gasteiger partial charge in [-0.2, -0.15) is 0 Å². The minimum Gasteiger partial charge on any atom is -0.393 e. The van der Waals surface area contributed by atoms with E-state index in [1.165, 1.54) is 0 Å². The molecule has 54 valence electrons. The molecular formula is C7H15NO. The number of hydrogen-bond donors (Lipinski definition) is 2. The van der Waals surface area contributed by atoms with Crippen LogP contribution < -0.4 is 5.32 Å². The summed E-state index contributed by atoms with van der Waals surface area (Å²) in [5.41, 5.74) is 0. The van der Waals surface area contributed by atoms with Gasteiger partial charge in [-0.3, -0.25) is 0 Å². The Kier molecular flexibility index (Phi) is 2.09. The van der Waals surface area contributed by atoms with Crippen molar-refractivity contribution in [1.82, 2.24) is 5.32 Å². The molecule has 0 aromatic carbocycles. The maximum atomic E-state index is 9.31. The summed E-state index contributed by atoms with van der Waals surface area (Å²) in [4.78, 5) is 0.